The second-order valence-corrected chi connectivity index (χ2v) is 5.56. The molecule has 1 heterocycles. The summed E-state index contributed by atoms with van der Waals surface area (Å²) in [7, 11) is 3.14. The molecule has 24 heavy (non-hydrogen) atoms. The zero-order valence-corrected chi connectivity index (χ0v) is 14.0. The maximum atomic E-state index is 12.1. The molecular weight excluding hydrogens is 328 g/mol. The first kappa shape index (κ1) is 16.1. The summed E-state index contributed by atoms with van der Waals surface area (Å²) in [6, 6.07) is 12.5. The topological polar surface area (TPSA) is 44.8 Å². The summed E-state index contributed by atoms with van der Waals surface area (Å²) < 4.78 is 15.8. The molecule has 0 radical (unpaired) electrons. The Bertz CT molecular complexity index is 835. The minimum absolute atomic E-state index is 0.394. The largest absolute Gasteiger partial charge is 0.493 e. The van der Waals surface area contributed by atoms with Crippen molar-refractivity contribution < 1.29 is 19.0 Å². The number of carbonyl (C=O) groups excluding carboxylic acids is 1. The standard InChI is InChI=1S/C19H15ClO4/c1-22-16-8-3-12(10-18(16)23-2)9-14-11-17(24-19(14)21)13-4-6-15(20)7-5-13/h3-11H,1-2H3/b14-9+. The number of rotatable bonds is 4. The van der Waals surface area contributed by atoms with Crippen molar-refractivity contribution in [1.29, 1.82) is 0 Å². The van der Waals surface area contributed by atoms with Crippen molar-refractivity contribution in [2.75, 3.05) is 14.2 Å². The quantitative estimate of drug-likeness (QED) is 0.612. The average Bonchev–Trinajstić information content (AvgIpc) is 2.96. The summed E-state index contributed by atoms with van der Waals surface area (Å²) in [5.41, 5.74) is 2.07. The van der Waals surface area contributed by atoms with Crippen LogP contribution in [-0.2, 0) is 9.53 Å². The van der Waals surface area contributed by atoms with E-state index in [1.165, 1.54) is 0 Å². The van der Waals surface area contributed by atoms with Crippen molar-refractivity contribution in [1.82, 2.24) is 0 Å². The van der Waals surface area contributed by atoms with Crippen LogP contribution in [0.25, 0.3) is 11.8 Å². The molecule has 4 nitrogen and oxygen atoms in total. The van der Waals surface area contributed by atoms with Crippen LogP contribution >= 0.6 is 11.6 Å². The fourth-order valence-electron chi connectivity index (χ4n) is 2.37. The molecule has 0 saturated heterocycles. The van der Waals surface area contributed by atoms with Gasteiger partial charge in [0.1, 0.15) is 5.76 Å². The van der Waals surface area contributed by atoms with Crippen LogP contribution in [-0.4, -0.2) is 20.2 Å². The molecule has 0 amide bonds. The maximum Gasteiger partial charge on any atom is 0.343 e. The molecule has 3 rings (SSSR count). The Labute approximate surface area is 144 Å². The molecular formula is C19H15ClO4. The second-order valence-electron chi connectivity index (χ2n) is 5.12. The summed E-state index contributed by atoms with van der Waals surface area (Å²) in [6.45, 7) is 0. The molecule has 0 bridgehead atoms. The molecule has 0 N–H and O–H groups in total. The third-order valence-electron chi connectivity index (χ3n) is 3.58. The van der Waals surface area contributed by atoms with Gasteiger partial charge in [0.2, 0.25) is 0 Å². The van der Waals surface area contributed by atoms with Crippen LogP contribution in [0, 0.1) is 0 Å². The maximum absolute atomic E-state index is 12.1. The molecule has 122 valence electrons. The van der Waals surface area contributed by atoms with E-state index in [9.17, 15) is 4.79 Å². The number of halogens is 1. The van der Waals surface area contributed by atoms with Crippen LogP contribution < -0.4 is 9.47 Å². The van der Waals surface area contributed by atoms with Gasteiger partial charge in [-0.25, -0.2) is 4.79 Å². The van der Waals surface area contributed by atoms with Crippen molar-refractivity contribution in [3.8, 4) is 11.5 Å². The Balaban J connectivity index is 1.92. The van der Waals surface area contributed by atoms with Crippen LogP contribution in [0.5, 0.6) is 11.5 Å². The molecule has 2 aromatic carbocycles. The highest BCUT2D eigenvalue weighted by Gasteiger charge is 2.22. The second kappa shape index (κ2) is 6.81. The predicted octanol–water partition coefficient (Wildman–Crippen LogP) is 4.34. The first-order chi connectivity index (χ1) is 11.6. The Morgan fingerprint density at radius 1 is 1.00 bits per heavy atom. The fraction of sp³-hybridized carbons (Fsp3) is 0.105. The molecule has 0 atom stereocenters. The predicted molar refractivity (Wildman–Crippen MR) is 93.0 cm³/mol. The molecule has 0 unspecified atom stereocenters. The summed E-state index contributed by atoms with van der Waals surface area (Å²) in [6.07, 6.45) is 3.45. The number of cyclic esters (lactones) is 1. The van der Waals surface area contributed by atoms with Crippen LogP contribution in [0.1, 0.15) is 11.1 Å². The summed E-state index contributed by atoms with van der Waals surface area (Å²) in [5.74, 6) is 1.34. The van der Waals surface area contributed by atoms with Crippen LogP contribution in [0.15, 0.2) is 54.1 Å². The highest BCUT2D eigenvalue weighted by atomic mass is 35.5. The Morgan fingerprint density at radius 3 is 2.38 bits per heavy atom. The molecule has 0 spiro atoms. The first-order valence-electron chi connectivity index (χ1n) is 7.24. The lowest BCUT2D eigenvalue weighted by molar-refractivity contribution is -0.130. The Kier molecular flexibility index (Phi) is 4.58. The third-order valence-corrected chi connectivity index (χ3v) is 3.84. The lowest BCUT2D eigenvalue weighted by atomic mass is 10.1. The van der Waals surface area contributed by atoms with Crippen LogP contribution in [0.3, 0.4) is 0 Å². The Hall–Kier alpha value is -2.72. The minimum atomic E-state index is -0.394. The number of esters is 1. The molecule has 0 aliphatic carbocycles. The van der Waals surface area contributed by atoms with Gasteiger partial charge in [-0.05, 0) is 54.1 Å². The van der Waals surface area contributed by atoms with Gasteiger partial charge in [-0.3, -0.25) is 0 Å². The van der Waals surface area contributed by atoms with E-state index in [2.05, 4.69) is 0 Å². The van der Waals surface area contributed by atoms with Gasteiger partial charge in [0.25, 0.3) is 0 Å². The smallest absolute Gasteiger partial charge is 0.343 e. The third kappa shape index (κ3) is 3.29. The van der Waals surface area contributed by atoms with Gasteiger partial charge in [-0.1, -0.05) is 17.7 Å². The molecule has 1 aliphatic rings. The van der Waals surface area contributed by atoms with Gasteiger partial charge >= 0.3 is 5.97 Å². The zero-order valence-electron chi connectivity index (χ0n) is 13.2. The van der Waals surface area contributed by atoms with Gasteiger partial charge in [-0.15, -0.1) is 0 Å². The number of hydrogen-bond acceptors (Lipinski definition) is 4. The van der Waals surface area contributed by atoms with E-state index in [1.54, 1.807) is 62.8 Å². The van der Waals surface area contributed by atoms with E-state index >= 15 is 0 Å². The van der Waals surface area contributed by atoms with E-state index in [0.29, 0.717) is 27.9 Å². The summed E-state index contributed by atoms with van der Waals surface area (Å²) in [4.78, 5) is 12.1. The molecule has 0 saturated carbocycles. The number of hydrogen-bond donors (Lipinski definition) is 0. The summed E-state index contributed by atoms with van der Waals surface area (Å²) in [5, 5.41) is 0.629. The van der Waals surface area contributed by atoms with Gasteiger partial charge in [-0.2, -0.15) is 0 Å². The van der Waals surface area contributed by atoms with Crippen molar-refractivity contribution >= 4 is 29.4 Å². The lowest BCUT2D eigenvalue weighted by Gasteiger charge is -2.07. The molecule has 1 aliphatic heterocycles. The summed E-state index contributed by atoms with van der Waals surface area (Å²) >= 11 is 5.88. The first-order valence-corrected chi connectivity index (χ1v) is 7.62. The molecule has 0 fully saturated rings. The normalized spacial score (nSPS) is 15.2. The van der Waals surface area contributed by atoms with Gasteiger partial charge in [0, 0.05) is 10.6 Å². The van der Waals surface area contributed by atoms with Gasteiger partial charge in [0.05, 0.1) is 19.8 Å². The van der Waals surface area contributed by atoms with Crippen LogP contribution in [0.4, 0.5) is 0 Å². The van der Waals surface area contributed by atoms with E-state index < -0.39 is 5.97 Å². The van der Waals surface area contributed by atoms with Gasteiger partial charge in [0.15, 0.2) is 11.5 Å². The van der Waals surface area contributed by atoms with Crippen molar-refractivity contribution in [2.45, 2.75) is 0 Å². The van der Waals surface area contributed by atoms with E-state index in [1.807, 2.05) is 6.07 Å². The molecule has 5 heteroatoms. The van der Waals surface area contributed by atoms with Crippen molar-refractivity contribution in [3.63, 3.8) is 0 Å². The number of carbonyl (C=O) groups is 1. The highest BCUT2D eigenvalue weighted by molar-refractivity contribution is 6.30. The number of ether oxygens (including phenoxy) is 3. The zero-order chi connectivity index (χ0) is 17.1. The number of methoxy groups -OCH3 is 2. The van der Waals surface area contributed by atoms with E-state index in [-0.39, 0.29) is 0 Å². The Morgan fingerprint density at radius 2 is 1.71 bits per heavy atom. The average molecular weight is 343 g/mol. The minimum Gasteiger partial charge on any atom is -0.493 e. The fourth-order valence-corrected chi connectivity index (χ4v) is 2.49. The van der Waals surface area contributed by atoms with Gasteiger partial charge < -0.3 is 14.2 Å². The highest BCUT2D eigenvalue weighted by Crippen LogP contribution is 2.31. The van der Waals surface area contributed by atoms with Crippen LogP contribution in [0.2, 0.25) is 5.02 Å². The van der Waals surface area contributed by atoms with Crippen molar-refractivity contribution in [2.24, 2.45) is 0 Å². The number of benzene rings is 2. The molecule has 0 aromatic heterocycles. The molecule has 2 aromatic rings. The monoisotopic (exact) mass is 342 g/mol. The van der Waals surface area contributed by atoms with Crippen molar-refractivity contribution in [3.05, 3.63) is 70.3 Å². The lowest BCUT2D eigenvalue weighted by Crippen LogP contribution is -1.97. The van der Waals surface area contributed by atoms with E-state index in [0.717, 1.165) is 11.1 Å². The van der Waals surface area contributed by atoms with E-state index in [4.69, 9.17) is 25.8 Å². The SMILES string of the molecule is COc1ccc(/C=C2\C=C(c3ccc(Cl)cc3)OC2=O)cc1OC.